The first kappa shape index (κ1) is 13.8. The lowest BCUT2D eigenvalue weighted by atomic mass is 10.1. The molecule has 0 aliphatic rings. The van der Waals surface area contributed by atoms with E-state index in [1.54, 1.807) is 19.3 Å². The summed E-state index contributed by atoms with van der Waals surface area (Å²) in [5, 5.41) is 0. The summed E-state index contributed by atoms with van der Waals surface area (Å²) in [6.45, 7) is 2.13. The van der Waals surface area contributed by atoms with Gasteiger partial charge in [-0.3, -0.25) is 4.79 Å². The van der Waals surface area contributed by atoms with Crippen LogP contribution in [0.4, 0.5) is 0 Å². The molecule has 0 spiro atoms. The van der Waals surface area contributed by atoms with Crippen molar-refractivity contribution in [2.24, 2.45) is 5.73 Å². The number of hydrogen-bond acceptors (Lipinski definition) is 5. The number of halogens is 1. The van der Waals surface area contributed by atoms with E-state index >= 15 is 0 Å². The smallest absolute Gasteiger partial charge is 0.307 e. The number of nitrogens with zero attached hydrogens (tertiary/aromatic N) is 2. The predicted molar refractivity (Wildman–Crippen MR) is 57.5 cm³/mol. The summed E-state index contributed by atoms with van der Waals surface area (Å²) in [5.74, 6) is -0.302. The van der Waals surface area contributed by atoms with Crippen molar-refractivity contribution < 1.29 is 9.53 Å². The van der Waals surface area contributed by atoms with Crippen LogP contribution in [0.3, 0.4) is 0 Å². The maximum absolute atomic E-state index is 11.1. The van der Waals surface area contributed by atoms with Crippen LogP contribution in [-0.4, -0.2) is 22.5 Å². The van der Waals surface area contributed by atoms with Gasteiger partial charge < -0.3 is 10.5 Å². The third-order valence-corrected chi connectivity index (χ3v) is 1.70. The Labute approximate surface area is 94.5 Å². The molecule has 1 heterocycles. The van der Waals surface area contributed by atoms with Crippen LogP contribution in [0.5, 0.6) is 0 Å². The summed E-state index contributed by atoms with van der Waals surface area (Å²) >= 11 is 0. The first-order valence-electron chi connectivity index (χ1n) is 4.40. The van der Waals surface area contributed by atoms with E-state index in [0.29, 0.717) is 6.61 Å². The second-order valence-electron chi connectivity index (χ2n) is 2.79. The van der Waals surface area contributed by atoms with Crippen LogP contribution in [0.25, 0.3) is 0 Å². The van der Waals surface area contributed by atoms with E-state index in [0.717, 1.165) is 5.56 Å². The zero-order valence-corrected chi connectivity index (χ0v) is 9.24. The van der Waals surface area contributed by atoms with Gasteiger partial charge in [0.1, 0.15) is 6.33 Å². The Hall–Kier alpha value is -1.20. The predicted octanol–water partition coefficient (Wildman–Crippen LogP) is 0.851. The molecular weight excluding hydrogens is 218 g/mol. The van der Waals surface area contributed by atoms with Gasteiger partial charge in [-0.05, 0) is 6.92 Å². The summed E-state index contributed by atoms with van der Waals surface area (Å²) in [6, 6.07) is -0.393. The van der Waals surface area contributed by atoms with Gasteiger partial charge in [0.05, 0.1) is 13.0 Å². The molecule has 1 aromatic rings. The van der Waals surface area contributed by atoms with Crippen LogP contribution in [0, 0.1) is 0 Å². The van der Waals surface area contributed by atoms with E-state index in [1.807, 2.05) is 0 Å². The standard InChI is InChI=1S/C9H13N3O2.ClH/c1-2-14-9(13)3-8(10)7-4-11-6-12-5-7;/h4-6,8H,2-3,10H2,1H3;1H. The molecule has 0 aliphatic heterocycles. The Morgan fingerprint density at radius 1 is 1.53 bits per heavy atom. The fraction of sp³-hybridized carbons (Fsp3) is 0.444. The van der Waals surface area contributed by atoms with E-state index < -0.39 is 6.04 Å². The molecule has 0 saturated heterocycles. The molecule has 84 valence electrons. The van der Waals surface area contributed by atoms with Gasteiger partial charge in [-0.1, -0.05) is 0 Å². The van der Waals surface area contributed by atoms with Crippen molar-refractivity contribution in [3.8, 4) is 0 Å². The third-order valence-electron chi connectivity index (χ3n) is 1.70. The average Bonchev–Trinajstić information content (AvgIpc) is 2.19. The van der Waals surface area contributed by atoms with Gasteiger partial charge in [0.15, 0.2) is 0 Å². The highest BCUT2D eigenvalue weighted by atomic mass is 35.5. The Balaban J connectivity index is 0.00000196. The molecular formula is C9H14ClN3O2. The molecule has 0 bridgehead atoms. The van der Waals surface area contributed by atoms with E-state index in [1.165, 1.54) is 6.33 Å². The molecule has 2 N–H and O–H groups in total. The SMILES string of the molecule is CCOC(=O)CC(N)c1cncnc1.Cl. The Morgan fingerprint density at radius 2 is 2.13 bits per heavy atom. The van der Waals surface area contributed by atoms with Crippen LogP contribution in [0.15, 0.2) is 18.7 Å². The number of nitrogens with two attached hydrogens (primary N) is 1. The highest BCUT2D eigenvalue weighted by Gasteiger charge is 2.12. The molecule has 1 aromatic heterocycles. The summed E-state index contributed by atoms with van der Waals surface area (Å²) in [4.78, 5) is 18.7. The molecule has 0 radical (unpaired) electrons. The van der Waals surface area contributed by atoms with Gasteiger partial charge in [0.2, 0.25) is 0 Å². The van der Waals surface area contributed by atoms with E-state index in [4.69, 9.17) is 10.5 Å². The van der Waals surface area contributed by atoms with Crippen LogP contribution in [0.2, 0.25) is 0 Å². The Kier molecular flexibility index (Phi) is 6.57. The van der Waals surface area contributed by atoms with Gasteiger partial charge in [0, 0.05) is 24.0 Å². The van der Waals surface area contributed by atoms with E-state index in [2.05, 4.69) is 9.97 Å². The van der Waals surface area contributed by atoms with Crippen molar-refractivity contribution in [3.05, 3.63) is 24.3 Å². The lowest BCUT2D eigenvalue weighted by molar-refractivity contribution is -0.143. The molecule has 5 nitrogen and oxygen atoms in total. The van der Waals surface area contributed by atoms with E-state index in [9.17, 15) is 4.79 Å². The van der Waals surface area contributed by atoms with Gasteiger partial charge in [-0.25, -0.2) is 9.97 Å². The summed E-state index contributed by atoms with van der Waals surface area (Å²) in [6.07, 6.45) is 4.76. The minimum absolute atomic E-state index is 0. The van der Waals surface area contributed by atoms with Crippen molar-refractivity contribution in [1.29, 1.82) is 0 Å². The lowest BCUT2D eigenvalue weighted by Crippen LogP contribution is -2.17. The van der Waals surface area contributed by atoms with Crippen LogP contribution in [-0.2, 0) is 9.53 Å². The molecule has 0 fully saturated rings. The van der Waals surface area contributed by atoms with Crippen molar-refractivity contribution >= 4 is 18.4 Å². The largest absolute Gasteiger partial charge is 0.466 e. The number of ether oxygens (including phenoxy) is 1. The molecule has 0 aliphatic carbocycles. The van der Waals surface area contributed by atoms with Crippen molar-refractivity contribution in [2.45, 2.75) is 19.4 Å². The molecule has 0 saturated carbocycles. The van der Waals surface area contributed by atoms with Gasteiger partial charge in [0.25, 0.3) is 0 Å². The first-order chi connectivity index (χ1) is 6.74. The highest BCUT2D eigenvalue weighted by Crippen LogP contribution is 2.11. The number of carbonyl (C=O) groups excluding carboxylic acids is 1. The van der Waals surface area contributed by atoms with Gasteiger partial charge in [-0.15, -0.1) is 12.4 Å². The minimum Gasteiger partial charge on any atom is -0.466 e. The van der Waals surface area contributed by atoms with Crippen molar-refractivity contribution in [3.63, 3.8) is 0 Å². The van der Waals surface area contributed by atoms with Crippen LogP contribution < -0.4 is 5.73 Å². The number of carbonyl (C=O) groups is 1. The fourth-order valence-electron chi connectivity index (χ4n) is 1.02. The summed E-state index contributed by atoms with van der Waals surface area (Å²) < 4.78 is 4.77. The zero-order valence-electron chi connectivity index (χ0n) is 8.42. The van der Waals surface area contributed by atoms with Gasteiger partial charge >= 0.3 is 5.97 Å². The summed E-state index contributed by atoms with van der Waals surface area (Å²) in [7, 11) is 0. The van der Waals surface area contributed by atoms with Gasteiger partial charge in [-0.2, -0.15) is 0 Å². The minimum atomic E-state index is -0.393. The van der Waals surface area contributed by atoms with Crippen molar-refractivity contribution in [1.82, 2.24) is 9.97 Å². The lowest BCUT2D eigenvalue weighted by Gasteiger charge is -2.09. The molecule has 1 rings (SSSR count). The first-order valence-corrected chi connectivity index (χ1v) is 4.40. The normalized spacial score (nSPS) is 11.3. The zero-order chi connectivity index (χ0) is 10.4. The molecule has 15 heavy (non-hydrogen) atoms. The highest BCUT2D eigenvalue weighted by molar-refractivity contribution is 5.85. The number of aromatic nitrogens is 2. The van der Waals surface area contributed by atoms with Crippen LogP contribution in [0.1, 0.15) is 24.9 Å². The molecule has 0 amide bonds. The fourth-order valence-corrected chi connectivity index (χ4v) is 1.02. The third kappa shape index (κ3) is 4.71. The molecule has 6 heteroatoms. The number of rotatable bonds is 4. The Bertz CT molecular complexity index is 295. The molecule has 1 unspecified atom stereocenters. The quantitative estimate of drug-likeness (QED) is 0.778. The number of esters is 1. The topological polar surface area (TPSA) is 78.1 Å². The molecule has 0 aromatic carbocycles. The Morgan fingerprint density at radius 3 is 2.67 bits per heavy atom. The maximum Gasteiger partial charge on any atom is 0.307 e. The number of hydrogen-bond donors (Lipinski definition) is 1. The van der Waals surface area contributed by atoms with Crippen molar-refractivity contribution in [2.75, 3.05) is 6.61 Å². The summed E-state index contributed by atoms with van der Waals surface area (Å²) in [5.41, 5.74) is 6.48. The monoisotopic (exact) mass is 231 g/mol. The molecule has 1 atom stereocenters. The maximum atomic E-state index is 11.1. The van der Waals surface area contributed by atoms with Crippen LogP contribution >= 0.6 is 12.4 Å². The second-order valence-corrected chi connectivity index (χ2v) is 2.79. The second kappa shape index (κ2) is 7.14. The van der Waals surface area contributed by atoms with E-state index in [-0.39, 0.29) is 24.8 Å². The average molecular weight is 232 g/mol.